The molecule has 0 aliphatic heterocycles. The lowest BCUT2D eigenvalue weighted by atomic mass is 10.2. The Morgan fingerprint density at radius 1 is 1.00 bits per heavy atom. The first kappa shape index (κ1) is 31.9. The molecule has 0 fully saturated rings. The van der Waals surface area contributed by atoms with Crippen molar-refractivity contribution in [2.24, 2.45) is 0 Å². The molecule has 6 N–H and O–H groups in total. The molecule has 15 nitrogen and oxygen atoms in total. The standard InChI is InChI=1S/C18H29N3O12P4/c1-13(2)32-34(22,23)17(21-16-14(3)7-5-10-20-16)35(24,31-4)33-18(36(25,26)27,37(28,29)30)11-15-8-6-9-19-12-15/h5-10,12-13,17H,11H2,1-4H3,(H,20,21)(H,22,23)(H2,25,26,27)(H2,28,29,30). The molecule has 2 rings (SSSR count). The molecule has 0 radical (unpaired) electrons. The van der Waals surface area contributed by atoms with Crippen molar-refractivity contribution in [1.29, 1.82) is 0 Å². The molecule has 19 heteroatoms. The highest BCUT2D eigenvalue weighted by molar-refractivity contribution is 7.75. The summed E-state index contributed by atoms with van der Waals surface area (Å²) in [4.78, 5) is 59.1. The number of pyridine rings is 2. The summed E-state index contributed by atoms with van der Waals surface area (Å²) in [6, 6.07) is 5.63. The van der Waals surface area contributed by atoms with E-state index in [1.807, 2.05) is 0 Å². The average Bonchev–Trinajstić information content (AvgIpc) is 2.76. The van der Waals surface area contributed by atoms with Crippen molar-refractivity contribution in [2.45, 2.75) is 43.9 Å². The summed E-state index contributed by atoms with van der Waals surface area (Å²) < 4.78 is 67.7. The van der Waals surface area contributed by atoms with E-state index in [2.05, 4.69) is 15.3 Å². The molecule has 0 saturated heterocycles. The molecule has 0 aliphatic rings. The fourth-order valence-electron chi connectivity index (χ4n) is 3.13. The van der Waals surface area contributed by atoms with Gasteiger partial charge in [0.05, 0.1) is 6.10 Å². The Morgan fingerprint density at radius 3 is 2.05 bits per heavy atom. The summed E-state index contributed by atoms with van der Waals surface area (Å²) in [5, 5.41) is -1.41. The summed E-state index contributed by atoms with van der Waals surface area (Å²) in [5.74, 6) is -0.111. The van der Waals surface area contributed by atoms with Crippen molar-refractivity contribution in [2.75, 3.05) is 12.4 Å². The summed E-state index contributed by atoms with van der Waals surface area (Å²) >= 11 is 0. The zero-order valence-electron chi connectivity index (χ0n) is 20.2. The second-order valence-electron chi connectivity index (χ2n) is 8.09. The van der Waals surface area contributed by atoms with Crippen LogP contribution in [-0.4, -0.2) is 58.3 Å². The van der Waals surface area contributed by atoms with Gasteiger partial charge < -0.3 is 38.8 Å². The number of nitrogens with zero attached hydrogens (tertiary/aromatic N) is 2. The minimum atomic E-state index is -6.04. The molecule has 0 spiro atoms. The van der Waals surface area contributed by atoms with Crippen LogP contribution in [0.25, 0.3) is 0 Å². The van der Waals surface area contributed by atoms with E-state index in [9.17, 15) is 42.7 Å². The number of hydrogen-bond donors (Lipinski definition) is 6. The van der Waals surface area contributed by atoms with Gasteiger partial charge in [0.1, 0.15) is 5.82 Å². The summed E-state index contributed by atoms with van der Waals surface area (Å²) in [5.41, 5.74) is -2.16. The van der Waals surface area contributed by atoms with Gasteiger partial charge in [-0.25, -0.2) is 4.98 Å². The van der Waals surface area contributed by atoms with Crippen molar-refractivity contribution < 1.29 is 56.3 Å². The molecule has 0 amide bonds. The zero-order chi connectivity index (χ0) is 28.3. The number of anilines is 1. The molecule has 0 aliphatic carbocycles. The second-order valence-corrected chi connectivity index (χ2v) is 16.5. The fraction of sp³-hybridized carbons (Fsp3) is 0.444. The van der Waals surface area contributed by atoms with Gasteiger partial charge in [0.25, 0.3) is 5.08 Å². The van der Waals surface area contributed by atoms with Crippen LogP contribution in [-0.2, 0) is 38.3 Å². The van der Waals surface area contributed by atoms with Crippen LogP contribution in [0.4, 0.5) is 5.82 Å². The van der Waals surface area contributed by atoms with Gasteiger partial charge >= 0.3 is 30.4 Å². The summed E-state index contributed by atoms with van der Waals surface area (Å²) in [6.45, 7) is 4.29. The predicted molar refractivity (Wildman–Crippen MR) is 133 cm³/mol. The first-order chi connectivity index (χ1) is 16.9. The Bertz CT molecular complexity index is 1240. The van der Waals surface area contributed by atoms with Crippen LogP contribution in [0.5, 0.6) is 0 Å². The second kappa shape index (κ2) is 11.8. The minimum Gasteiger partial charge on any atom is -0.346 e. The molecule has 208 valence electrons. The summed E-state index contributed by atoms with van der Waals surface area (Å²) in [6.07, 6.45) is 1.50. The maximum atomic E-state index is 14.1. The Labute approximate surface area is 213 Å². The van der Waals surface area contributed by atoms with Gasteiger partial charge in [-0.05, 0) is 44.0 Å². The third-order valence-corrected chi connectivity index (χ3v) is 14.0. The molecule has 37 heavy (non-hydrogen) atoms. The third kappa shape index (κ3) is 7.42. The predicted octanol–water partition coefficient (Wildman–Crippen LogP) is 3.20. The van der Waals surface area contributed by atoms with E-state index in [4.69, 9.17) is 13.6 Å². The molecule has 2 aromatic rings. The van der Waals surface area contributed by atoms with Gasteiger partial charge in [-0.3, -0.25) is 27.8 Å². The smallest absolute Gasteiger partial charge is 0.346 e. The maximum absolute atomic E-state index is 14.1. The normalized spacial score (nSPS) is 17.1. The Balaban J connectivity index is 2.79. The number of hydrogen-bond acceptors (Lipinski definition) is 10. The van der Waals surface area contributed by atoms with E-state index in [-0.39, 0.29) is 11.4 Å². The van der Waals surface area contributed by atoms with E-state index < -0.39 is 53.5 Å². The van der Waals surface area contributed by atoms with Crippen LogP contribution in [0, 0.1) is 6.92 Å². The highest BCUT2D eigenvalue weighted by Crippen LogP contribution is 2.78. The zero-order valence-corrected chi connectivity index (χ0v) is 23.8. The highest BCUT2D eigenvalue weighted by Gasteiger charge is 2.67. The lowest BCUT2D eigenvalue weighted by Crippen LogP contribution is -2.37. The SMILES string of the molecule is COP(=O)(OC(Cc1cccnc1)(P(=O)(O)O)P(=O)(O)O)C(Nc1ncccc1C)P(=O)(O)OC(C)C. The molecular weight excluding hydrogens is 574 g/mol. The molecule has 3 atom stereocenters. The van der Waals surface area contributed by atoms with Gasteiger partial charge in [-0.1, -0.05) is 12.1 Å². The minimum absolute atomic E-state index is 0.111. The van der Waals surface area contributed by atoms with Crippen LogP contribution in [0.1, 0.15) is 25.0 Å². The highest BCUT2D eigenvalue weighted by atomic mass is 31.3. The fourth-order valence-corrected chi connectivity index (χ4v) is 10.9. The van der Waals surface area contributed by atoms with Crippen molar-refractivity contribution >= 4 is 36.2 Å². The van der Waals surface area contributed by atoms with Gasteiger partial charge in [0.2, 0.25) is 5.52 Å². The van der Waals surface area contributed by atoms with Crippen molar-refractivity contribution in [3.63, 3.8) is 0 Å². The molecule has 0 aromatic carbocycles. The van der Waals surface area contributed by atoms with E-state index in [1.165, 1.54) is 57.4 Å². The van der Waals surface area contributed by atoms with E-state index in [0.717, 1.165) is 6.20 Å². The Kier molecular flexibility index (Phi) is 10.2. The van der Waals surface area contributed by atoms with Crippen LogP contribution < -0.4 is 5.32 Å². The maximum Gasteiger partial charge on any atom is 0.370 e. The molecule has 3 unspecified atom stereocenters. The largest absolute Gasteiger partial charge is 0.370 e. The topological polar surface area (TPSA) is 235 Å². The lowest BCUT2D eigenvalue weighted by molar-refractivity contribution is 0.123. The number of nitrogens with one attached hydrogen (secondary N) is 1. The van der Waals surface area contributed by atoms with Gasteiger partial charge in [-0.2, -0.15) is 0 Å². The number of rotatable bonds is 13. The van der Waals surface area contributed by atoms with E-state index in [0.29, 0.717) is 12.7 Å². The Morgan fingerprint density at radius 2 is 1.59 bits per heavy atom. The van der Waals surface area contributed by atoms with Crippen LogP contribution in [0.3, 0.4) is 0 Å². The first-order valence-electron chi connectivity index (χ1n) is 10.4. The number of aryl methyl sites for hydroxylation is 1. The van der Waals surface area contributed by atoms with Crippen LogP contribution in [0.15, 0.2) is 42.9 Å². The van der Waals surface area contributed by atoms with Gasteiger partial charge in [-0.15, -0.1) is 0 Å². The van der Waals surface area contributed by atoms with Crippen molar-refractivity contribution in [1.82, 2.24) is 9.97 Å². The average molecular weight is 603 g/mol. The van der Waals surface area contributed by atoms with Gasteiger partial charge in [0, 0.05) is 32.1 Å². The number of aromatic nitrogens is 2. The molecule has 0 saturated carbocycles. The van der Waals surface area contributed by atoms with Crippen molar-refractivity contribution in [3.8, 4) is 0 Å². The van der Waals surface area contributed by atoms with E-state index in [1.54, 1.807) is 0 Å². The Hall–Kier alpha value is -1.30. The van der Waals surface area contributed by atoms with Crippen molar-refractivity contribution in [3.05, 3.63) is 54.0 Å². The third-order valence-electron chi connectivity index (χ3n) is 4.84. The molecule has 2 heterocycles. The van der Waals surface area contributed by atoms with Crippen LogP contribution >= 0.6 is 30.4 Å². The van der Waals surface area contributed by atoms with E-state index >= 15 is 0 Å². The molecule has 2 aromatic heterocycles. The lowest BCUT2D eigenvalue weighted by Gasteiger charge is -2.39. The van der Waals surface area contributed by atoms with Crippen LogP contribution in [0.2, 0.25) is 0 Å². The summed E-state index contributed by atoms with van der Waals surface area (Å²) in [7, 11) is -21.9. The first-order valence-corrected chi connectivity index (χ1v) is 16.9. The molecule has 0 bridgehead atoms. The quantitative estimate of drug-likeness (QED) is 0.180. The van der Waals surface area contributed by atoms with Gasteiger partial charge in [0.15, 0.2) is 0 Å². The molecular formula is C18H29N3O12P4. The monoisotopic (exact) mass is 603 g/mol.